The standard InChI is InChI=1S/C21H18N2O5S/c1-3-27-15-9-6-7-13-11-16(28-19(13)15)20(25)22-21-23(12-18(24)26-2)14-8-4-5-10-17(14)29-21/h4-11H,3,12H2,1-2H3. The molecule has 1 amide bonds. The molecule has 0 unspecified atom stereocenters. The maximum absolute atomic E-state index is 12.8. The van der Waals surface area contributed by atoms with Crippen molar-refractivity contribution in [3.63, 3.8) is 0 Å². The number of amides is 1. The summed E-state index contributed by atoms with van der Waals surface area (Å²) in [5.41, 5.74) is 1.31. The molecule has 0 aliphatic carbocycles. The summed E-state index contributed by atoms with van der Waals surface area (Å²) in [6.07, 6.45) is 0. The lowest BCUT2D eigenvalue weighted by Gasteiger charge is -2.03. The molecule has 2 aromatic carbocycles. The molecule has 0 bridgehead atoms. The lowest BCUT2D eigenvalue weighted by molar-refractivity contribution is -0.141. The van der Waals surface area contributed by atoms with E-state index in [0.29, 0.717) is 22.7 Å². The highest BCUT2D eigenvalue weighted by molar-refractivity contribution is 7.16. The molecule has 8 heteroatoms. The number of hydrogen-bond donors (Lipinski definition) is 0. The number of para-hydroxylation sites is 2. The largest absolute Gasteiger partial charge is 0.490 e. The maximum Gasteiger partial charge on any atom is 0.325 e. The van der Waals surface area contributed by atoms with E-state index in [1.165, 1.54) is 18.4 Å². The predicted octanol–water partition coefficient (Wildman–Crippen LogP) is 3.76. The monoisotopic (exact) mass is 410 g/mol. The maximum atomic E-state index is 12.8. The van der Waals surface area contributed by atoms with Crippen LogP contribution in [0.25, 0.3) is 21.2 Å². The number of carbonyl (C=O) groups excluding carboxylic acids is 2. The van der Waals surface area contributed by atoms with Crippen molar-refractivity contribution in [2.45, 2.75) is 13.5 Å². The van der Waals surface area contributed by atoms with Gasteiger partial charge in [0.05, 0.1) is 23.9 Å². The Labute approximate surface area is 169 Å². The smallest absolute Gasteiger partial charge is 0.325 e. The molecule has 0 aliphatic heterocycles. The molecule has 148 valence electrons. The van der Waals surface area contributed by atoms with E-state index in [9.17, 15) is 9.59 Å². The number of rotatable bonds is 5. The minimum atomic E-state index is -0.533. The Balaban J connectivity index is 1.80. The van der Waals surface area contributed by atoms with Gasteiger partial charge < -0.3 is 18.5 Å². The van der Waals surface area contributed by atoms with Gasteiger partial charge in [0.25, 0.3) is 0 Å². The number of nitrogens with zero attached hydrogens (tertiary/aromatic N) is 2. The van der Waals surface area contributed by atoms with Gasteiger partial charge in [-0.25, -0.2) is 0 Å². The van der Waals surface area contributed by atoms with Crippen LogP contribution in [0.15, 0.2) is 57.9 Å². The summed E-state index contributed by atoms with van der Waals surface area (Å²) >= 11 is 1.32. The van der Waals surface area contributed by atoms with Gasteiger partial charge in [0.1, 0.15) is 6.54 Å². The number of benzene rings is 2. The van der Waals surface area contributed by atoms with E-state index < -0.39 is 11.9 Å². The molecule has 0 spiro atoms. The van der Waals surface area contributed by atoms with Crippen molar-refractivity contribution in [1.29, 1.82) is 0 Å². The molecule has 0 fully saturated rings. The molecule has 0 radical (unpaired) electrons. The van der Waals surface area contributed by atoms with E-state index in [2.05, 4.69) is 4.99 Å². The number of methoxy groups -OCH3 is 1. The van der Waals surface area contributed by atoms with Crippen molar-refractivity contribution < 1.29 is 23.5 Å². The first-order valence-electron chi connectivity index (χ1n) is 9.00. The summed E-state index contributed by atoms with van der Waals surface area (Å²) < 4.78 is 18.6. The van der Waals surface area contributed by atoms with Crippen LogP contribution in [0.3, 0.4) is 0 Å². The van der Waals surface area contributed by atoms with Gasteiger partial charge in [0.2, 0.25) is 0 Å². The van der Waals surface area contributed by atoms with Crippen LogP contribution in [0.1, 0.15) is 17.5 Å². The summed E-state index contributed by atoms with van der Waals surface area (Å²) in [5.74, 6) is -0.276. The Kier molecular flexibility index (Phi) is 5.18. The molecule has 2 aromatic heterocycles. The Bertz CT molecular complexity index is 1280. The average molecular weight is 410 g/mol. The lowest BCUT2D eigenvalue weighted by Crippen LogP contribution is -2.22. The third-order valence-electron chi connectivity index (χ3n) is 4.32. The molecule has 0 N–H and O–H groups in total. The van der Waals surface area contributed by atoms with Crippen LogP contribution < -0.4 is 9.54 Å². The number of carbonyl (C=O) groups is 2. The minimum absolute atomic E-state index is 0.0404. The van der Waals surface area contributed by atoms with Crippen molar-refractivity contribution in [2.24, 2.45) is 4.99 Å². The number of aromatic nitrogens is 1. The van der Waals surface area contributed by atoms with Crippen LogP contribution in [-0.2, 0) is 16.1 Å². The first-order chi connectivity index (χ1) is 14.1. The zero-order valence-corrected chi connectivity index (χ0v) is 16.7. The summed E-state index contributed by atoms with van der Waals surface area (Å²) in [4.78, 5) is 29.3. The van der Waals surface area contributed by atoms with Crippen molar-refractivity contribution >= 4 is 44.4 Å². The van der Waals surface area contributed by atoms with Gasteiger partial charge in [-0.05, 0) is 31.2 Å². The highest BCUT2D eigenvalue weighted by atomic mass is 32.1. The van der Waals surface area contributed by atoms with Crippen LogP contribution in [0.4, 0.5) is 0 Å². The van der Waals surface area contributed by atoms with Gasteiger partial charge >= 0.3 is 11.9 Å². The third kappa shape index (κ3) is 3.66. The molecule has 0 aliphatic rings. The summed E-state index contributed by atoms with van der Waals surface area (Å²) in [6.45, 7) is 2.33. The Morgan fingerprint density at radius 3 is 2.79 bits per heavy atom. The van der Waals surface area contributed by atoms with Gasteiger partial charge in [0, 0.05) is 5.39 Å². The highest BCUT2D eigenvalue weighted by Gasteiger charge is 2.16. The topological polar surface area (TPSA) is 83.0 Å². The number of fused-ring (bicyclic) bond motifs is 2. The van der Waals surface area contributed by atoms with E-state index >= 15 is 0 Å². The van der Waals surface area contributed by atoms with E-state index in [1.807, 2.05) is 43.3 Å². The molecule has 2 heterocycles. The van der Waals surface area contributed by atoms with Crippen molar-refractivity contribution in [3.05, 3.63) is 59.1 Å². The quantitative estimate of drug-likeness (QED) is 0.468. The number of thiazole rings is 1. The number of furan rings is 1. The summed E-state index contributed by atoms with van der Waals surface area (Å²) in [6, 6.07) is 14.6. The number of ether oxygens (including phenoxy) is 2. The fourth-order valence-corrected chi connectivity index (χ4v) is 4.03. The van der Waals surface area contributed by atoms with E-state index in [-0.39, 0.29) is 12.3 Å². The Morgan fingerprint density at radius 2 is 2.00 bits per heavy atom. The molecule has 0 saturated carbocycles. The molecular formula is C21H18N2O5S. The highest BCUT2D eigenvalue weighted by Crippen LogP contribution is 2.29. The lowest BCUT2D eigenvalue weighted by atomic mass is 10.2. The van der Waals surface area contributed by atoms with Crippen LogP contribution >= 0.6 is 11.3 Å². The van der Waals surface area contributed by atoms with Crippen molar-refractivity contribution in [3.8, 4) is 5.75 Å². The first-order valence-corrected chi connectivity index (χ1v) is 9.82. The van der Waals surface area contributed by atoms with Crippen molar-refractivity contribution in [1.82, 2.24) is 4.57 Å². The van der Waals surface area contributed by atoms with E-state index in [4.69, 9.17) is 13.9 Å². The van der Waals surface area contributed by atoms with Gasteiger partial charge in [-0.15, -0.1) is 0 Å². The van der Waals surface area contributed by atoms with Crippen LogP contribution in [-0.4, -0.2) is 30.2 Å². The zero-order chi connectivity index (χ0) is 20.4. The number of hydrogen-bond acceptors (Lipinski definition) is 6. The normalized spacial score (nSPS) is 11.9. The zero-order valence-electron chi connectivity index (χ0n) is 15.9. The van der Waals surface area contributed by atoms with Gasteiger partial charge in [-0.2, -0.15) is 4.99 Å². The molecular weight excluding hydrogens is 392 g/mol. The van der Waals surface area contributed by atoms with E-state index in [0.717, 1.165) is 15.6 Å². The molecule has 29 heavy (non-hydrogen) atoms. The van der Waals surface area contributed by atoms with Gasteiger partial charge in [-0.3, -0.25) is 9.59 Å². The first kappa shape index (κ1) is 18.9. The second kappa shape index (κ2) is 7.92. The van der Waals surface area contributed by atoms with Crippen molar-refractivity contribution in [2.75, 3.05) is 13.7 Å². The Morgan fingerprint density at radius 1 is 1.17 bits per heavy atom. The Hall–Kier alpha value is -3.39. The fraction of sp³-hybridized carbons (Fsp3) is 0.190. The third-order valence-corrected chi connectivity index (χ3v) is 5.38. The van der Waals surface area contributed by atoms with Crippen LogP contribution in [0.2, 0.25) is 0 Å². The van der Waals surface area contributed by atoms with E-state index in [1.54, 1.807) is 16.7 Å². The molecule has 0 atom stereocenters. The molecule has 7 nitrogen and oxygen atoms in total. The minimum Gasteiger partial charge on any atom is -0.490 e. The van der Waals surface area contributed by atoms with Gasteiger partial charge in [-0.1, -0.05) is 35.6 Å². The SMILES string of the molecule is CCOc1cccc2cc(C(=O)N=c3sc4ccccc4n3CC(=O)OC)oc12. The number of esters is 1. The average Bonchev–Trinajstić information content (AvgIpc) is 3.31. The second-order valence-electron chi connectivity index (χ2n) is 6.15. The van der Waals surface area contributed by atoms with Crippen LogP contribution in [0.5, 0.6) is 5.75 Å². The van der Waals surface area contributed by atoms with Gasteiger partial charge in [0.15, 0.2) is 21.9 Å². The predicted molar refractivity (Wildman–Crippen MR) is 109 cm³/mol. The fourth-order valence-electron chi connectivity index (χ4n) is 3.01. The second-order valence-corrected chi connectivity index (χ2v) is 7.16. The summed E-state index contributed by atoms with van der Waals surface area (Å²) in [7, 11) is 1.32. The molecule has 4 rings (SSSR count). The summed E-state index contributed by atoms with van der Waals surface area (Å²) in [5, 5.41) is 0.758. The molecule has 0 saturated heterocycles. The van der Waals surface area contributed by atoms with Crippen LogP contribution in [0, 0.1) is 0 Å². The molecule has 4 aromatic rings.